The Morgan fingerprint density at radius 1 is 1.38 bits per heavy atom. The van der Waals surface area contributed by atoms with Crippen molar-refractivity contribution >= 4 is 5.91 Å². The van der Waals surface area contributed by atoms with Gasteiger partial charge in [-0.2, -0.15) is 0 Å². The summed E-state index contributed by atoms with van der Waals surface area (Å²) in [5, 5.41) is 0. The maximum absolute atomic E-state index is 11.8. The van der Waals surface area contributed by atoms with Crippen molar-refractivity contribution in [2.75, 3.05) is 27.3 Å². The average molecular weight is 230 g/mol. The Hall–Kier alpha value is -0.610. The number of likely N-dealkylation sites (N-methyl/N-ethyl adjacent to an activating group) is 1. The van der Waals surface area contributed by atoms with Crippen molar-refractivity contribution in [1.82, 2.24) is 4.90 Å². The van der Waals surface area contributed by atoms with Gasteiger partial charge in [-0.1, -0.05) is 13.8 Å². The summed E-state index contributed by atoms with van der Waals surface area (Å²) in [6, 6.07) is -0.382. The van der Waals surface area contributed by atoms with Crippen molar-refractivity contribution in [2.24, 2.45) is 11.7 Å². The standard InChI is InChI=1S/C12H26N2O2/c1-10(2)7-8-14(3)12(15)11(13)6-5-9-16-4/h10-11H,5-9,13H2,1-4H3. The van der Waals surface area contributed by atoms with Crippen LogP contribution in [0.1, 0.15) is 33.1 Å². The van der Waals surface area contributed by atoms with Crippen molar-refractivity contribution in [1.29, 1.82) is 0 Å². The molecule has 96 valence electrons. The second-order valence-corrected chi connectivity index (χ2v) is 4.68. The number of methoxy groups -OCH3 is 1. The monoisotopic (exact) mass is 230 g/mol. The zero-order chi connectivity index (χ0) is 12.6. The summed E-state index contributed by atoms with van der Waals surface area (Å²) < 4.78 is 4.93. The molecule has 0 radical (unpaired) electrons. The Morgan fingerprint density at radius 3 is 2.50 bits per heavy atom. The summed E-state index contributed by atoms with van der Waals surface area (Å²) in [6.45, 7) is 5.75. The van der Waals surface area contributed by atoms with Gasteiger partial charge in [0.25, 0.3) is 0 Å². The first-order chi connectivity index (χ1) is 7.49. The van der Waals surface area contributed by atoms with Gasteiger partial charge in [0.05, 0.1) is 6.04 Å². The molecule has 1 unspecified atom stereocenters. The maximum Gasteiger partial charge on any atom is 0.239 e. The van der Waals surface area contributed by atoms with E-state index in [1.165, 1.54) is 0 Å². The van der Waals surface area contributed by atoms with Gasteiger partial charge in [0.15, 0.2) is 0 Å². The minimum absolute atomic E-state index is 0.0387. The van der Waals surface area contributed by atoms with Gasteiger partial charge in [-0.25, -0.2) is 0 Å². The zero-order valence-corrected chi connectivity index (χ0v) is 11.0. The van der Waals surface area contributed by atoms with Crippen LogP contribution in [0.5, 0.6) is 0 Å². The smallest absolute Gasteiger partial charge is 0.239 e. The Balaban J connectivity index is 3.82. The molecule has 0 aromatic rings. The largest absolute Gasteiger partial charge is 0.385 e. The van der Waals surface area contributed by atoms with Crippen molar-refractivity contribution in [3.63, 3.8) is 0 Å². The molecule has 4 heteroatoms. The van der Waals surface area contributed by atoms with Crippen LogP contribution in [0.15, 0.2) is 0 Å². The highest BCUT2D eigenvalue weighted by Gasteiger charge is 2.17. The molecule has 16 heavy (non-hydrogen) atoms. The number of carbonyl (C=O) groups excluding carboxylic acids is 1. The highest BCUT2D eigenvalue weighted by atomic mass is 16.5. The number of nitrogens with two attached hydrogens (primary N) is 1. The minimum atomic E-state index is -0.382. The molecule has 0 heterocycles. The summed E-state index contributed by atoms with van der Waals surface area (Å²) >= 11 is 0. The lowest BCUT2D eigenvalue weighted by Crippen LogP contribution is -2.42. The summed E-state index contributed by atoms with van der Waals surface area (Å²) in [7, 11) is 3.48. The number of hydrogen-bond donors (Lipinski definition) is 1. The molecule has 1 amide bonds. The van der Waals surface area contributed by atoms with E-state index in [1.54, 1.807) is 12.0 Å². The molecule has 0 rings (SSSR count). The molecule has 0 saturated heterocycles. The summed E-state index contributed by atoms with van der Waals surface area (Å²) in [4.78, 5) is 13.5. The van der Waals surface area contributed by atoms with Crippen molar-refractivity contribution in [3.8, 4) is 0 Å². The molecule has 0 aliphatic carbocycles. The number of carbonyl (C=O) groups is 1. The van der Waals surface area contributed by atoms with Crippen LogP contribution in [0.4, 0.5) is 0 Å². The lowest BCUT2D eigenvalue weighted by Gasteiger charge is -2.22. The van der Waals surface area contributed by atoms with E-state index >= 15 is 0 Å². The summed E-state index contributed by atoms with van der Waals surface area (Å²) in [6.07, 6.45) is 2.55. The second kappa shape index (κ2) is 8.53. The molecule has 0 aromatic carbocycles. The third kappa shape index (κ3) is 6.80. The number of amides is 1. The maximum atomic E-state index is 11.8. The fourth-order valence-corrected chi connectivity index (χ4v) is 1.42. The van der Waals surface area contributed by atoms with E-state index in [1.807, 2.05) is 7.05 Å². The Morgan fingerprint density at radius 2 is 2.00 bits per heavy atom. The predicted molar refractivity (Wildman–Crippen MR) is 66.2 cm³/mol. The molecule has 0 aromatic heterocycles. The van der Waals surface area contributed by atoms with Crippen LogP contribution in [-0.4, -0.2) is 44.2 Å². The van der Waals surface area contributed by atoms with E-state index < -0.39 is 0 Å². The van der Waals surface area contributed by atoms with E-state index in [0.29, 0.717) is 18.9 Å². The minimum Gasteiger partial charge on any atom is -0.385 e. The second-order valence-electron chi connectivity index (χ2n) is 4.68. The molecule has 0 aliphatic heterocycles. The van der Waals surface area contributed by atoms with Crippen LogP contribution >= 0.6 is 0 Å². The van der Waals surface area contributed by atoms with Crippen molar-refractivity contribution in [3.05, 3.63) is 0 Å². The van der Waals surface area contributed by atoms with Crippen LogP contribution < -0.4 is 5.73 Å². The van der Waals surface area contributed by atoms with Gasteiger partial charge in [0, 0.05) is 27.3 Å². The van der Waals surface area contributed by atoms with E-state index in [9.17, 15) is 4.79 Å². The normalized spacial score (nSPS) is 12.9. The van der Waals surface area contributed by atoms with Crippen LogP contribution in [0.25, 0.3) is 0 Å². The van der Waals surface area contributed by atoms with Crippen LogP contribution in [0.3, 0.4) is 0 Å². The zero-order valence-electron chi connectivity index (χ0n) is 11.0. The van der Waals surface area contributed by atoms with E-state index in [4.69, 9.17) is 10.5 Å². The molecule has 1 atom stereocenters. The molecule has 2 N–H and O–H groups in total. The van der Waals surface area contributed by atoms with Gasteiger partial charge in [-0.3, -0.25) is 4.79 Å². The first-order valence-electron chi connectivity index (χ1n) is 5.98. The van der Waals surface area contributed by atoms with Gasteiger partial charge in [0.1, 0.15) is 0 Å². The first-order valence-corrected chi connectivity index (χ1v) is 5.98. The molecule has 0 aliphatic rings. The molecular weight excluding hydrogens is 204 g/mol. The summed E-state index contributed by atoms with van der Waals surface area (Å²) in [5.74, 6) is 0.650. The van der Waals surface area contributed by atoms with Crippen molar-refractivity contribution < 1.29 is 9.53 Å². The van der Waals surface area contributed by atoms with E-state index in [-0.39, 0.29) is 11.9 Å². The topological polar surface area (TPSA) is 55.6 Å². The highest BCUT2D eigenvalue weighted by Crippen LogP contribution is 2.04. The first kappa shape index (κ1) is 15.4. The number of nitrogens with zero attached hydrogens (tertiary/aromatic N) is 1. The Labute approximate surface area is 99.1 Å². The van der Waals surface area contributed by atoms with E-state index in [2.05, 4.69) is 13.8 Å². The fourth-order valence-electron chi connectivity index (χ4n) is 1.42. The molecule has 0 saturated carbocycles. The van der Waals surface area contributed by atoms with Gasteiger partial charge >= 0.3 is 0 Å². The molecule has 0 bridgehead atoms. The van der Waals surface area contributed by atoms with Crippen LogP contribution in [0.2, 0.25) is 0 Å². The van der Waals surface area contributed by atoms with Gasteiger partial charge in [0.2, 0.25) is 5.91 Å². The molecule has 4 nitrogen and oxygen atoms in total. The number of ether oxygens (including phenoxy) is 1. The molecule has 0 fully saturated rings. The van der Waals surface area contributed by atoms with Gasteiger partial charge in [-0.05, 0) is 25.2 Å². The quantitative estimate of drug-likeness (QED) is 0.638. The van der Waals surface area contributed by atoms with Crippen LogP contribution in [0, 0.1) is 5.92 Å². The van der Waals surface area contributed by atoms with Crippen LogP contribution in [-0.2, 0) is 9.53 Å². The third-order valence-electron chi connectivity index (χ3n) is 2.60. The highest BCUT2D eigenvalue weighted by molar-refractivity contribution is 5.81. The predicted octanol–water partition coefficient (Wildman–Crippen LogP) is 1.24. The summed E-state index contributed by atoms with van der Waals surface area (Å²) in [5.41, 5.74) is 5.82. The average Bonchev–Trinajstić information content (AvgIpc) is 2.24. The Kier molecular flexibility index (Phi) is 8.21. The Bertz CT molecular complexity index is 195. The number of hydrogen-bond acceptors (Lipinski definition) is 3. The SMILES string of the molecule is COCCCC(N)C(=O)N(C)CCC(C)C. The third-order valence-corrected chi connectivity index (χ3v) is 2.60. The van der Waals surface area contributed by atoms with Gasteiger partial charge in [-0.15, -0.1) is 0 Å². The van der Waals surface area contributed by atoms with Gasteiger partial charge < -0.3 is 15.4 Å². The number of rotatable bonds is 8. The molecule has 0 spiro atoms. The van der Waals surface area contributed by atoms with E-state index in [0.717, 1.165) is 19.4 Å². The van der Waals surface area contributed by atoms with Crippen molar-refractivity contribution in [2.45, 2.75) is 39.2 Å². The lowest BCUT2D eigenvalue weighted by atomic mass is 10.1. The lowest BCUT2D eigenvalue weighted by molar-refractivity contribution is -0.131. The fraction of sp³-hybridized carbons (Fsp3) is 0.917. The molecular formula is C12H26N2O2.